The molecule has 1 aliphatic heterocycles. The average molecular weight is 215 g/mol. The lowest BCUT2D eigenvalue weighted by molar-refractivity contribution is -0.121. The van der Waals surface area contributed by atoms with Gasteiger partial charge in [-0.15, -0.1) is 0 Å². The van der Waals surface area contributed by atoms with Crippen molar-refractivity contribution < 1.29 is 9.59 Å². The topological polar surface area (TPSA) is 37.4 Å². The number of fused-ring (bicyclic) bond motifs is 1. The fourth-order valence-electron chi connectivity index (χ4n) is 2.03. The molecule has 0 spiro atoms. The van der Waals surface area contributed by atoms with E-state index in [0.29, 0.717) is 11.1 Å². The average Bonchev–Trinajstić information content (AvgIpc) is 2.28. The van der Waals surface area contributed by atoms with Gasteiger partial charge >= 0.3 is 0 Å². The van der Waals surface area contributed by atoms with Crippen LogP contribution < -0.4 is 0 Å². The molecule has 0 unspecified atom stereocenters. The first kappa shape index (κ1) is 10.6. The molecule has 0 atom stereocenters. The zero-order valence-corrected chi connectivity index (χ0v) is 9.57. The Morgan fingerprint density at radius 3 is 2.50 bits per heavy atom. The lowest BCUT2D eigenvalue weighted by Crippen LogP contribution is -2.38. The van der Waals surface area contributed by atoms with E-state index >= 15 is 0 Å². The Labute approximate surface area is 94.4 Å². The minimum absolute atomic E-state index is 0.227. The van der Waals surface area contributed by atoms with Crippen molar-refractivity contribution in [3.63, 3.8) is 0 Å². The van der Waals surface area contributed by atoms with Crippen molar-refractivity contribution in [2.24, 2.45) is 0 Å². The Kier molecular flexibility index (Phi) is 2.38. The van der Waals surface area contributed by atoms with Crippen LogP contribution in [-0.2, 0) is 4.79 Å². The summed E-state index contributed by atoms with van der Waals surface area (Å²) in [6, 6.07) is 5.51. The lowest BCUT2D eigenvalue weighted by Gasteiger charge is -2.26. The van der Waals surface area contributed by atoms with Crippen LogP contribution in [0.2, 0.25) is 0 Å². The van der Waals surface area contributed by atoms with Gasteiger partial charge in [0.05, 0.1) is 0 Å². The summed E-state index contributed by atoms with van der Waals surface area (Å²) in [6.45, 7) is 3.72. The summed E-state index contributed by atoms with van der Waals surface area (Å²) in [7, 11) is 1.51. The van der Waals surface area contributed by atoms with E-state index < -0.39 is 0 Å². The number of hydrogen-bond donors (Lipinski definition) is 0. The SMILES string of the molecule is C/C=C1/C(=O)N(C)C(=O)c2cccc(C)c21. The van der Waals surface area contributed by atoms with Gasteiger partial charge in [0.15, 0.2) is 0 Å². The lowest BCUT2D eigenvalue weighted by atomic mass is 9.90. The van der Waals surface area contributed by atoms with Gasteiger partial charge in [-0.1, -0.05) is 18.2 Å². The standard InChI is InChI=1S/C13H13NO2/c1-4-9-11-8(2)6-5-7-10(11)13(16)14(3)12(9)15/h4-7H,1-3H3/b9-4+. The van der Waals surface area contributed by atoms with Crippen LogP contribution in [0, 0.1) is 6.92 Å². The quantitative estimate of drug-likeness (QED) is 0.490. The molecule has 1 aromatic carbocycles. The Balaban J connectivity index is 2.79. The number of amides is 2. The van der Waals surface area contributed by atoms with E-state index in [1.807, 2.05) is 26.0 Å². The van der Waals surface area contributed by atoms with E-state index in [1.165, 1.54) is 7.05 Å². The molecular weight excluding hydrogens is 202 g/mol. The molecule has 2 rings (SSSR count). The van der Waals surface area contributed by atoms with Gasteiger partial charge in [-0.05, 0) is 25.5 Å². The monoisotopic (exact) mass is 215 g/mol. The van der Waals surface area contributed by atoms with Gasteiger partial charge in [-0.25, -0.2) is 0 Å². The van der Waals surface area contributed by atoms with Crippen molar-refractivity contribution in [3.8, 4) is 0 Å². The van der Waals surface area contributed by atoms with E-state index in [0.717, 1.165) is 16.0 Å². The first-order chi connectivity index (χ1) is 7.57. The number of hydrogen-bond acceptors (Lipinski definition) is 2. The molecule has 3 nitrogen and oxygen atoms in total. The molecule has 1 heterocycles. The molecule has 3 heteroatoms. The molecule has 0 radical (unpaired) electrons. The van der Waals surface area contributed by atoms with E-state index in [1.54, 1.807) is 12.1 Å². The Morgan fingerprint density at radius 2 is 1.88 bits per heavy atom. The number of nitrogens with zero attached hydrogens (tertiary/aromatic N) is 1. The second kappa shape index (κ2) is 3.59. The maximum Gasteiger partial charge on any atom is 0.261 e. The van der Waals surface area contributed by atoms with Gasteiger partial charge in [-0.2, -0.15) is 0 Å². The maximum atomic E-state index is 11.9. The smallest absolute Gasteiger partial charge is 0.261 e. The van der Waals surface area contributed by atoms with Crippen molar-refractivity contribution in [2.75, 3.05) is 7.05 Å². The molecule has 82 valence electrons. The van der Waals surface area contributed by atoms with Crippen LogP contribution in [-0.4, -0.2) is 23.8 Å². The Morgan fingerprint density at radius 1 is 1.19 bits per heavy atom. The third-order valence-electron chi connectivity index (χ3n) is 2.90. The molecule has 0 fully saturated rings. The van der Waals surface area contributed by atoms with Gasteiger partial charge < -0.3 is 0 Å². The Bertz CT molecular complexity index is 515. The number of carbonyl (C=O) groups excluding carboxylic acids is 2. The van der Waals surface area contributed by atoms with Gasteiger partial charge in [0.2, 0.25) is 0 Å². The largest absolute Gasteiger partial charge is 0.277 e. The number of likely N-dealkylation sites (N-methyl/N-ethyl adjacent to an activating group) is 1. The molecule has 0 saturated carbocycles. The van der Waals surface area contributed by atoms with E-state index in [-0.39, 0.29) is 11.8 Å². The first-order valence-electron chi connectivity index (χ1n) is 5.16. The van der Waals surface area contributed by atoms with Gasteiger partial charge in [0, 0.05) is 23.7 Å². The molecule has 2 amide bonds. The highest BCUT2D eigenvalue weighted by atomic mass is 16.2. The number of allylic oxidation sites excluding steroid dienone is 1. The van der Waals surface area contributed by atoms with Gasteiger partial charge in [-0.3, -0.25) is 14.5 Å². The number of imide groups is 1. The summed E-state index contributed by atoms with van der Waals surface area (Å²) in [5.41, 5.74) is 2.95. The highest BCUT2D eigenvalue weighted by Crippen LogP contribution is 2.30. The van der Waals surface area contributed by atoms with E-state index in [2.05, 4.69) is 0 Å². The van der Waals surface area contributed by atoms with Crippen molar-refractivity contribution in [1.29, 1.82) is 0 Å². The van der Waals surface area contributed by atoms with Crippen LogP contribution in [0.1, 0.15) is 28.4 Å². The van der Waals surface area contributed by atoms with Crippen molar-refractivity contribution >= 4 is 17.4 Å². The third kappa shape index (κ3) is 1.28. The van der Waals surface area contributed by atoms with Gasteiger partial charge in [0.25, 0.3) is 11.8 Å². The zero-order chi connectivity index (χ0) is 11.9. The summed E-state index contributed by atoms with van der Waals surface area (Å²) in [5.74, 6) is -0.455. The zero-order valence-electron chi connectivity index (χ0n) is 9.57. The number of carbonyl (C=O) groups is 2. The fraction of sp³-hybridized carbons (Fsp3) is 0.231. The fourth-order valence-corrected chi connectivity index (χ4v) is 2.03. The molecule has 16 heavy (non-hydrogen) atoms. The highest BCUT2D eigenvalue weighted by Gasteiger charge is 2.32. The molecule has 1 aliphatic rings. The van der Waals surface area contributed by atoms with Crippen LogP contribution in [0.4, 0.5) is 0 Å². The van der Waals surface area contributed by atoms with Crippen molar-refractivity contribution in [1.82, 2.24) is 4.90 Å². The third-order valence-corrected chi connectivity index (χ3v) is 2.90. The molecule has 0 N–H and O–H groups in total. The molecular formula is C13H13NO2. The number of rotatable bonds is 0. The molecule has 0 aromatic heterocycles. The van der Waals surface area contributed by atoms with Crippen LogP contribution >= 0.6 is 0 Å². The molecule has 0 bridgehead atoms. The van der Waals surface area contributed by atoms with Crippen LogP contribution in [0.15, 0.2) is 24.3 Å². The van der Waals surface area contributed by atoms with E-state index in [4.69, 9.17) is 0 Å². The van der Waals surface area contributed by atoms with Crippen molar-refractivity contribution in [2.45, 2.75) is 13.8 Å². The summed E-state index contributed by atoms with van der Waals surface area (Å²) in [5, 5.41) is 0. The molecule has 0 saturated heterocycles. The van der Waals surface area contributed by atoms with Crippen LogP contribution in [0.3, 0.4) is 0 Å². The van der Waals surface area contributed by atoms with Crippen molar-refractivity contribution in [3.05, 3.63) is 41.0 Å². The van der Waals surface area contributed by atoms with Gasteiger partial charge in [0.1, 0.15) is 0 Å². The second-order valence-electron chi connectivity index (χ2n) is 3.87. The van der Waals surface area contributed by atoms with Crippen LogP contribution in [0.5, 0.6) is 0 Å². The first-order valence-corrected chi connectivity index (χ1v) is 5.16. The molecule has 0 aliphatic carbocycles. The minimum atomic E-state index is -0.228. The number of benzene rings is 1. The molecule has 1 aromatic rings. The normalized spacial score (nSPS) is 17.9. The highest BCUT2D eigenvalue weighted by molar-refractivity contribution is 6.31. The summed E-state index contributed by atoms with van der Waals surface area (Å²) < 4.78 is 0. The minimum Gasteiger partial charge on any atom is -0.277 e. The van der Waals surface area contributed by atoms with Crippen LogP contribution in [0.25, 0.3) is 5.57 Å². The predicted octanol–water partition coefficient (Wildman–Crippen LogP) is 2.01. The predicted molar refractivity (Wildman–Crippen MR) is 61.9 cm³/mol. The van der Waals surface area contributed by atoms with E-state index in [9.17, 15) is 9.59 Å². The summed E-state index contributed by atoms with van der Waals surface area (Å²) in [4.78, 5) is 25.0. The summed E-state index contributed by atoms with van der Waals surface area (Å²) in [6.07, 6.45) is 1.76. The maximum absolute atomic E-state index is 11.9. The Hall–Kier alpha value is -1.90. The second-order valence-corrected chi connectivity index (χ2v) is 3.87. The number of aryl methyl sites for hydroxylation is 1. The summed E-state index contributed by atoms with van der Waals surface area (Å²) >= 11 is 0.